The van der Waals surface area contributed by atoms with Gasteiger partial charge in [-0.25, -0.2) is 0 Å². The number of hydrogen-bond acceptors (Lipinski definition) is 2. The molecule has 0 spiro atoms. The van der Waals surface area contributed by atoms with E-state index in [1.54, 1.807) is 16.8 Å². The molecule has 0 amide bonds. The molecule has 0 bridgehead atoms. The SMILES string of the molecule is Cc1ccc2c(c1)CC(Cn1cccc(Br)c1=O)O2. The third-order valence-electron chi connectivity index (χ3n) is 3.33. The van der Waals surface area contributed by atoms with Gasteiger partial charge in [-0.15, -0.1) is 0 Å². The minimum Gasteiger partial charge on any atom is -0.488 e. The van der Waals surface area contributed by atoms with Crippen LogP contribution in [0.4, 0.5) is 0 Å². The third-order valence-corrected chi connectivity index (χ3v) is 3.93. The van der Waals surface area contributed by atoms with Crippen LogP contribution in [0, 0.1) is 6.92 Å². The van der Waals surface area contributed by atoms with Crippen LogP contribution in [-0.4, -0.2) is 10.7 Å². The van der Waals surface area contributed by atoms with Gasteiger partial charge in [0, 0.05) is 12.6 Å². The summed E-state index contributed by atoms with van der Waals surface area (Å²) in [5.41, 5.74) is 2.45. The fourth-order valence-electron chi connectivity index (χ4n) is 2.42. The highest BCUT2D eigenvalue weighted by Crippen LogP contribution is 2.29. The van der Waals surface area contributed by atoms with Crippen molar-refractivity contribution >= 4 is 15.9 Å². The summed E-state index contributed by atoms with van der Waals surface area (Å²) in [5.74, 6) is 0.943. The first-order chi connectivity index (χ1) is 9.13. The zero-order valence-corrected chi connectivity index (χ0v) is 12.2. The molecule has 1 aromatic carbocycles. The van der Waals surface area contributed by atoms with E-state index in [0.717, 1.165) is 12.2 Å². The van der Waals surface area contributed by atoms with Crippen LogP contribution in [0.5, 0.6) is 5.75 Å². The second-order valence-electron chi connectivity index (χ2n) is 4.87. The van der Waals surface area contributed by atoms with Crippen molar-refractivity contribution in [2.24, 2.45) is 0 Å². The lowest BCUT2D eigenvalue weighted by atomic mass is 10.1. The van der Waals surface area contributed by atoms with Crippen molar-refractivity contribution < 1.29 is 4.74 Å². The molecule has 0 aliphatic carbocycles. The molecule has 19 heavy (non-hydrogen) atoms. The predicted octanol–water partition coefficient (Wildman–Crippen LogP) is 2.92. The summed E-state index contributed by atoms with van der Waals surface area (Å²) in [6.45, 7) is 2.65. The number of ether oxygens (including phenoxy) is 1. The summed E-state index contributed by atoms with van der Waals surface area (Å²) < 4.78 is 8.16. The second kappa shape index (κ2) is 4.85. The highest BCUT2D eigenvalue weighted by atomic mass is 79.9. The number of nitrogens with zero attached hydrogens (tertiary/aromatic N) is 1. The highest BCUT2D eigenvalue weighted by Gasteiger charge is 2.23. The molecule has 1 aliphatic heterocycles. The number of halogens is 1. The molecule has 2 heterocycles. The Morgan fingerprint density at radius 1 is 1.42 bits per heavy atom. The van der Waals surface area contributed by atoms with E-state index >= 15 is 0 Å². The van der Waals surface area contributed by atoms with Crippen LogP contribution < -0.4 is 10.3 Å². The molecule has 3 nitrogen and oxygen atoms in total. The van der Waals surface area contributed by atoms with Crippen LogP contribution in [0.3, 0.4) is 0 Å². The lowest BCUT2D eigenvalue weighted by molar-refractivity contribution is 0.207. The van der Waals surface area contributed by atoms with Crippen molar-refractivity contribution in [3.63, 3.8) is 0 Å². The van der Waals surface area contributed by atoms with Gasteiger partial charge >= 0.3 is 0 Å². The molecular weight excluding hydrogens is 306 g/mol. The van der Waals surface area contributed by atoms with Crippen LogP contribution in [0.25, 0.3) is 0 Å². The Labute approximate surface area is 120 Å². The summed E-state index contributed by atoms with van der Waals surface area (Å²) in [6.07, 6.45) is 2.68. The van der Waals surface area contributed by atoms with Crippen molar-refractivity contribution in [2.45, 2.75) is 26.0 Å². The average molecular weight is 320 g/mol. The minimum absolute atomic E-state index is 0.0155. The van der Waals surface area contributed by atoms with Crippen LogP contribution in [0.2, 0.25) is 0 Å². The second-order valence-corrected chi connectivity index (χ2v) is 5.72. The smallest absolute Gasteiger partial charge is 0.264 e. The lowest BCUT2D eigenvalue weighted by Crippen LogP contribution is -2.28. The van der Waals surface area contributed by atoms with E-state index in [1.165, 1.54) is 11.1 Å². The maximum absolute atomic E-state index is 11.9. The fourth-order valence-corrected chi connectivity index (χ4v) is 2.80. The van der Waals surface area contributed by atoms with Crippen molar-refractivity contribution in [1.29, 1.82) is 0 Å². The zero-order chi connectivity index (χ0) is 13.4. The van der Waals surface area contributed by atoms with Crippen LogP contribution in [0.1, 0.15) is 11.1 Å². The Morgan fingerprint density at radius 2 is 2.26 bits per heavy atom. The standard InChI is InChI=1S/C15H14BrNO2/c1-10-4-5-14-11(7-10)8-12(19-14)9-17-6-2-3-13(16)15(17)18/h2-7,12H,8-9H2,1H3. The largest absolute Gasteiger partial charge is 0.488 e. The third kappa shape index (κ3) is 2.45. The Hall–Kier alpha value is -1.55. The number of aromatic nitrogens is 1. The van der Waals surface area contributed by atoms with Crippen molar-refractivity contribution in [1.82, 2.24) is 4.57 Å². The van der Waals surface area contributed by atoms with Crippen molar-refractivity contribution in [3.8, 4) is 5.75 Å². The highest BCUT2D eigenvalue weighted by molar-refractivity contribution is 9.10. The van der Waals surface area contributed by atoms with Crippen molar-refractivity contribution in [2.75, 3.05) is 0 Å². The monoisotopic (exact) mass is 319 g/mol. The van der Waals surface area contributed by atoms with Gasteiger partial charge in [-0.05, 0) is 46.6 Å². The molecule has 2 aromatic rings. The van der Waals surface area contributed by atoms with E-state index in [2.05, 4.69) is 28.9 Å². The quantitative estimate of drug-likeness (QED) is 0.852. The number of aryl methyl sites for hydroxylation is 1. The molecular formula is C15H14BrNO2. The molecule has 4 heteroatoms. The summed E-state index contributed by atoms with van der Waals surface area (Å²) >= 11 is 3.26. The molecule has 0 saturated carbocycles. The van der Waals surface area contributed by atoms with E-state index in [9.17, 15) is 4.79 Å². The van der Waals surface area contributed by atoms with E-state index in [0.29, 0.717) is 11.0 Å². The van der Waals surface area contributed by atoms with Gasteiger partial charge in [0.2, 0.25) is 0 Å². The maximum Gasteiger partial charge on any atom is 0.264 e. The summed E-state index contributed by atoms with van der Waals surface area (Å²) in [7, 11) is 0. The number of rotatable bonds is 2. The van der Waals surface area contributed by atoms with Gasteiger partial charge in [0.25, 0.3) is 5.56 Å². The normalized spacial score (nSPS) is 17.1. The molecule has 0 N–H and O–H groups in total. The molecule has 1 aromatic heterocycles. The summed E-state index contributed by atoms with van der Waals surface area (Å²) in [5, 5.41) is 0. The molecule has 1 atom stereocenters. The van der Waals surface area contributed by atoms with Crippen molar-refractivity contribution in [3.05, 3.63) is 62.5 Å². The first kappa shape index (κ1) is 12.5. The Bertz CT molecular complexity index is 678. The number of fused-ring (bicyclic) bond motifs is 1. The van der Waals surface area contributed by atoms with Gasteiger partial charge in [0.05, 0.1) is 11.0 Å². The Kier molecular flexibility index (Phi) is 3.19. The molecule has 0 fully saturated rings. The molecule has 0 saturated heterocycles. The molecule has 3 rings (SSSR count). The summed E-state index contributed by atoms with van der Waals surface area (Å²) in [4.78, 5) is 11.9. The van der Waals surface area contributed by atoms with Gasteiger partial charge < -0.3 is 9.30 Å². The minimum atomic E-state index is -0.0155. The molecule has 0 radical (unpaired) electrons. The van der Waals surface area contributed by atoms with E-state index in [1.807, 2.05) is 18.2 Å². The van der Waals surface area contributed by atoms with Gasteiger partial charge in [-0.3, -0.25) is 4.79 Å². The first-order valence-electron chi connectivity index (χ1n) is 6.24. The summed E-state index contributed by atoms with van der Waals surface area (Å²) in [6, 6.07) is 9.82. The fraction of sp³-hybridized carbons (Fsp3) is 0.267. The maximum atomic E-state index is 11.9. The first-order valence-corrected chi connectivity index (χ1v) is 7.04. The molecule has 1 unspecified atom stereocenters. The number of hydrogen-bond donors (Lipinski definition) is 0. The Morgan fingerprint density at radius 3 is 3.11 bits per heavy atom. The Balaban J connectivity index is 1.81. The van der Waals surface area contributed by atoms with E-state index in [4.69, 9.17) is 4.74 Å². The van der Waals surface area contributed by atoms with Gasteiger partial charge in [-0.2, -0.15) is 0 Å². The lowest BCUT2D eigenvalue weighted by Gasteiger charge is -2.12. The van der Waals surface area contributed by atoms with Gasteiger partial charge in [-0.1, -0.05) is 17.7 Å². The van der Waals surface area contributed by atoms with Crippen LogP contribution >= 0.6 is 15.9 Å². The molecule has 98 valence electrons. The zero-order valence-electron chi connectivity index (χ0n) is 10.6. The predicted molar refractivity (Wildman–Crippen MR) is 77.7 cm³/mol. The average Bonchev–Trinajstić information content (AvgIpc) is 2.76. The number of pyridine rings is 1. The van der Waals surface area contributed by atoms with E-state index < -0.39 is 0 Å². The van der Waals surface area contributed by atoms with Gasteiger partial charge in [0.15, 0.2) is 0 Å². The van der Waals surface area contributed by atoms with Gasteiger partial charge in [0.1, 0.15) is 11.9 Å². The van der Waals surface area contributed by atoms with Crippen LogP contribution in [-0.2, 0) is 13.0 Å². The topological polar surface area (TPSA) is 31.2 Å². The van der Waals surface area contributed by atoms with E-state index in [-0.39, 0.29) is 11.7 Å². The number of benzene rings is 1. The molecule has 1 aliphatic rings. The van der Waals surface area contributed by atoms with Crippen LogP contribution in [0.15, 0.2) is 45.8 Å².